The van der Waals surface area contributed by atoms with Gasteiger partial charge >= 0.3 is 0 Å². The average Bonchev–Trinajstić information content (AvgIpc) is 2.35. The van der Waals surface area contributed by atoms with Crippen LogP contribution in [0.2, 0.25) is 0 Å². The first kappa shape index (κ1) is 9.50. The number of nitriles is 1. The Labute approximate surface area is 74.1 Å². The molecule has 1 rings (SSSR count). The van der Waals surface area contributed by atoms with Gasteiger partial charge in [-0.2, -0.15) is 5.26 Å². The highest BCUT2D eigenvalue weighted by molar-refractivity contribution is 5.03. The average molecular weight is 167 g/mol. The minimum absolute atomic E-state index is 0.677. The third-order valence-electron chi connectivity index (χ3n) is 2.32. The summed E-state index contributed by atoms with van der Waals surface area (Å²) >= 11 is 0. The molecular formula is C9H17N3. The second kappa shape index (κ2) is 3.42. The molecule has 0 spiro atoms. The lowest BCUT2D eigenvalue weighted by Crippen LogP contribution is -2.45. The highest BCUT2D eigenvalue weighted by Crippen LogP contribution is 2.16. The lowest BCUT2D eigenvalue weighted by atomic mass is 10.1. The van der Waals surface area contributed by atoms with E-state index in [1.165, 1.54) is 6.42 Å². The summed E-state index contributed by atoms with van der Waals surface area (Å²) in [5.74, 6) is 0.763. The summed E-state index contributed by atoms with van der Waals surface area (Å²) in [6.45, 7) is 6.91. The molecule has 0 amide bonds. The van der Waals surface area contributed by atoms with Crippen LogP contribution in [-0.2, 0) is 0 Å². The summed E-state index contributed by atoms with van der Waals surface area (Å²) in [6.07, 6.45) is 1.24. The van der Waals surface area contributed by atoms with Crippen LogP contribution < -0.4 is 5.73 Å². The highest BCUT2D eigenvalue weighted by Gasteiger charge is 2.26. The zero-order valence-electron chi connectivity index (χ0n) is 7.88. The van der Waals surface area contributed by atoms with Crippen molar-refractivity contribution in [1.29, 1.82) is 5.26 Å². The zero-order valence-corrected chi connectivity index (χ0v) is 7.88. The molecule has 0 bridgehead atoms. The maximum atomic E-state index is 8.72. The van der Waals surface area contributed by atoms with E-state index in [1.807, 2.05) is 0 Å². The molecule has 0 aromatic heterocycles. The van der Waals surface area contributed by atoms with Crippen molar-refractivity contribution in [3.63, 3.8) is 0 Å². The first-order chi connectivity index (χ1) is 5.53. The van der Waals surface area contributed by atoms with Crippen LogP contribution in [-0.4, -0.2) is 30.1 Å². The number of nitrogens with zero attached hydrogens (tertiary/aromatic N) is 2. The molecule has 0 aromatic rings. The van der Waals surface area contributed by atoms with E-state index < -0.39 is 5.54 Å². The molecule has 3 heteroatoms. The molecule has 1 fully saturated rings. The van der Waals surface area contributed by atoms with E-state index >= 15 is 0 Å². The minimum atomic E-state index is -0.677. The van der Waals surface area contributed by atoms with Crippen molar-refractivity contribution in [1.82, 2.24) is 4.90 Å². The highest BCUT2D eigenvalue weighted by atomic mass is 15.2. The van der Waals surface area contributed by atoms with Gasteiger partial charge < -0.3 is 10.6 Å². The first-order valence-corrected chi connectivity index (χ1v) is 4.46. The Hall–Kier alpha value is -0.590. The Morgan fingerprint density at radius 2 is 2.42 bits per heavy atom. The van der Waals surface area contributed by atoms with Crippen LogP contribution in [0.1, 0.15) is 20.3 Å². The van der Waals surface area contributed by atoms with Crippen molar-refractivity contribution in [2.24, 2.45) is 11.7 Å². The molecule has 1 aliphatic heterocycles. The molecule has 68 valence electrons. The summed E-state index contributed by atoms with van der Waals surface area (Å²) in [5, 5.41) is 8.72. The Balaban J connectivity index is 2.38. The van der Waals surface area contributed by atoms with Gasteiger partial charge in [0, 0.05) is 13.1 Å². The maximum absolute atomic E-state index is 8.72. The third kappa shape index (κ3) is 2.47. The van der Waals surface area contributed by atoms with Gasteiger partial charge in [0.05, 0.1) is 6.07 Å². The van der Waals surface area contributed by atoms with Crippen molar-refractivity contribution in [3.8, 4) is 6.07 Å². The molecule has 2 unspecified atom stereocenters. The molecule has 2 atom stereocenters. The fourth-order valence-electron chi connectivity index (χ4n) is 1.67. The van der Waals surface area contributed by atoms with Crippen LogP contribution in [0.25, 0.3) is 0 Å². The smallest absolute Gasteiger partial charge is 0.114 e. The normalized spacial score (nSPS) is 29.7. The number of likely N-dealkylation sites (tertiary alicyclic amines) is 1. The predicted octanol–water partition coefficient (Wildman–Crippen LogP) is 0.569. The van der Waals surface area contributed by atoms with Crippen molar-refractivity contribution in [2.75, 3.05) is 19.6 Å². The van der Waals surface area contributed by atoms with Crippen LogP contribution in [0.15, 0.2) is 0 Å². The minimum Gasteiger partial charge on any atom is -0.313 e. The van der Waals surface area contributed by atoms with E-state index in [4.69, 9.17) is 11.0 Å². The van der Waals surface area contributed by atoms with Gasteiger partial charge in [-0.25, -0.2) is 0 Å². The summed E-state index contributed by atoms with van der Waals surface area (Å²) in [4.78, 5) is 2.27. The number of nitrogens with two attached hydrogens (primary N) is 1. The topological polar surface area (TPSA) is 53.0 Å². The summed E-state index contributed by atoms with van der Waals surface area (Å²) < 4.78 is 0. The molecule has 0 radical (unpaired) electrons. The van der Waals surface area contributed by atoms with Gasteiger partial charge in [-0.05, 0) is 25.8 Å². The second-order valence-electron chi connectivity index (χ2n) is 4.16. The molecular weight excluding hydrogens is 150 g/mol. The lowest BCUT2D eigenvalue weighted by Gasteiger charge is -2.23. The molecule has 0 saturated carbocycles. The molecule has 0 aliphatic carbocycles. The first-order valence-electron chi connectivity index (χ1n) is 4.46. The van der Waals surface area contributed by atoms with Gasteiger partial charge in [0.25, 0.3) is 0 Å². The Morgan fingerprint density at radius 3 is 2.83 bits per heavy atom. The van der Waals surface area contributed by atoms with Gasteiger partial charge in [0.1, 0.15) is 5.54 Å². The van der Waals surface area contributed by atoms with E-state index in [1.54, 1.807) is 6.92 Å². The van der Waals surface area contributed by atoms with Crippen LogP contribution in [0.4, 0.5) is 0 Å². The Kier molecular flexibility index (Phi) is 2.71. The Bertz CT molecular complexity index is 192. The molecule has 0 aromatic carbocycles. The van der Waals surface area contributed by atoms with Crippen LogP contribution in [0.3, 0.4) is 0 Å². The molecule has 3 nitrogen and oxygen atoms in total. The SMILES string of the molecule is CC1CCN(CC(C)(N)C#N)C1. The molecule has 2 N–H and O–H groups in total. The number of hydrogen-bond donors (Lipinski definition) is 1. The fourth-order valence-corrected chi connectivity index (χ4v) is 1.67. The van der Waals surface area contributed by atoms with Crippen molar-refractivity contribution < 1.29 is 0 Å². The zero-order chi connectivity index (χ0) is 9.19. The predicted molar refractivity (Wildman–Crippen MR) is 48.4 cm³/mol. The van der Waals surface area contributed by atoms with Crippen LogP contribution in [0, 0.1) is 17.2 Å². The largest absolute Gasteiger partial charge is 0.313 e. The summed E-state index contributed by atoms with van der Waals surface area (Å²) in [7, 11) is 0. The monoisotopic (exact) mass is 167 g/mol. The van der Waals surface area contributed by atoms with Crippen LogP contribution in [0.5, 0.6) is 0 Å². The van der Waals surface area contributed by atoms with E-state index in [9.17, 15) is 0 Å². The number of rotatable bonds is 2. The molecule has 1 heterocycles. The second-order valence-corrected chi connectivity index (χ2v) is 4.16. The van der Waals surface area contributed by atoms with Gasteiger partial charge in [0.15, 0.2) is 0 Å². The Morgan fingerprint density at radius 1 is 1.75 bits per heavy atom. The molecule has 12 heavy (non-hydrogen) atoms. The molecule has 1 saturated heterocycles. The van der Waals surface area contributed by atoms with E-state index in [2.05, 4.69) is 17.9 Å². The maximum Gasteiger partial charge on any atom is 0.114 e. The quantitative estimate of drug-likeness (QED) is 0.654. The van der Waals surface area contributed by atoms with Gasteiger partial charge in [-0.15, -0.1) is 0 Å². The van der Waals surface area contributed by atoms with Gasteiger partial charge in [-0.3, -0.25) is 0 Å². The van der Waals surface area contributed by atoms with Gasteiger partial charge in [0.2, 0.25) is 0 Å². The lowest BCUT2D eigenvalue weighted by molar-refractivity contribution is 0.284. The van der Waals surface area contributed by atoms with Crippen molar-refractivity contribution in [3.05, 3.63) is 0 Å². The standard InChI is InChI=1S/C9H17N3/c1-8-3-4-12(5-8)7-9(2,11)6-10/h8H,3-5,7,11H2,1-2H3. The summed E-state index contributed by atoms with van der Waals surface area (Å²) in [5.41, 5.74) is 5.06. The third-order valence-corrected chi connectivity index (χ3v) is 2.32. The van der Waals surface area contributed by atoms with E-state index in [-0.39, 0.29) is 0 Å². The van der Waals surface area contributed by atoms with Crippen molar-refractivity contribution in [2.45, 2.75) is 25.8 Å². The van der Waals surface area contributed by atoms with E-state index in [0.29, 0.717) is 6.54 Å². The van der Waals surface area contributed by atoms with Gasteiger partial charge in [-0.1, -0.05) is 6.92 Å². The van der Waals surface area contributed by atoms with Crippen LogP contribution >= 0.6 is 0 Å². The molecule has 1 aliphatic rings. The van der Waals surface area contributed by atoms with Crippen molar-refractivity contribution >= 4 is 0 Å². The fraction of sp³-hybridized carbons (Fsp3) is 0.889. The summed E-state index contributed by atoms with van der Waals surface area (Å²) in [6, 6.07) is 2.12. The number of hydrogen-bond acceptors (Lipinski definition) is 3. The van der Waals surface area contributed by atoms with E-state index in [0.717, 1.165) is 19.0 Å².